The summed E-state index contributed by atoms with van der Waals surface area (Å²) in [6.45, 7) is 6.16. The van der Waals surface area contributed by atoms with Gasteiger partial charge in [-0.15, -0.1) is 0 Å². The molecule has 0 aliphatic rings. The fraction of sp³-hybridized carbons (Fsp3) is 0.278. The van der Waals surface area contributed by atoms with Crippen LogP contribution >= 0.6 is 15.9 Å². The zero-order valence-corrected chi connectivity index (χ0v) is 15.2. The zero-order valence-electron chi connectivity index (χ0n) is 13.6. The number of nitrogens with one attached hydrogen (secondary N) is 1. The second kappa shape index (κ2) is 8.02. The third-order valence-corrected chi connectivity index (χ3v) is 4.15. The van der Waals surface area contributed by atoms with Crippen LogP contribution in [0.3, 0.4) is 0 Å². The average Bonchev–Trinajstić information content (AvgIpc) is 2.57. The first kappa shape index (κ1) is 17.3. The largest absolute Gasteiger partial charge is 0.496 e. The number of carbonyl (C=O) groups is 1. The van der Waals surface area contributed by atoms with Crippen molar-refractivity contribution in [2.24, 2.45) is 0 Å². The number of hydrogen-bond donors (Lipinski definition) is 1. The lowest BCUT2D eigenvalue weighted by Crippen LogP contribution is -2.21. The molecule has 0 fully saturated rings. The smallest absolute Gasteiger partial charge is 0.259 e. The van der Waals surface area contributed by atoms with Gasteiger partial charge in [-0.3, -0.25) is 4.79 Å². The van der Waals surface area contributed by atoms with Crippen molar-refractivity contribution < 1.29 is 9.53 Å². The molecule has 0 unspecified atom stereocenters. The van der Waals surface area contributed by atoms with Gasteiger partial charge in [-0.1, -0.05) is 15.9 Å². The molecule has 2 rings (SSSR count). The van der Waals surface area contributed by atoms with Crippen LogP contribution in [0.4, 0.5) is 11.4 Å². The molecular weight excluding hydrogens is 356 g/mol. The molecule has 0 aliphatic carbocycles. The molecule has 122 valence electrons. The van der Waals surface area contributed by atoms with Crippen molar-refractivity contribution in [1.29, 1.82) is 0 Å². The number of benzene rings is 2. The van der Waals surface area contributed by atoms with Crippen LogP contribution in [0.1, 0.15) is 24.2 Å². The minimum absolute atomic E-state index is 0.196. The minimum atomic E-state index is -0.196. The van der Waals surface area contributed by atoms with Gasteiger partial charge in [0, 0.05) is 28.9 Å². The summed E-state index contributed by atoms with van der Waals surface area (Å²) in [6.07, 6.45) is 0. The van der Waals surface area contributed by atoms with E-state index in [2.05, 4.69) is 40.0 Å². The fourth-order valence-corrected chi connectivity index (χ4v) is 2.76. The Kier molecular flexibility index (Phi) is 6.04. The molecule has 23 heavy (non-hydrogen) atoms. The minimum Gasteiger partial charge on any atom is -0.496 e. The Labute approximate surface area is 145 Å². The van der Waals surface area contributed by atoms with Gasteiger partial charge in [0.15, 0.2) is 0 Å². The summed E-state index contributed by atoms with van der Waals surface area (Å²) < 4.78 is 6.08. The monoisotopic (exact) mass is 376 g/mol. The van der Waals surface area contributed by atoms with E-state index >= 15 is 0 Å². The number of methoxy groups -OCH3 is 1. The normalized spacial score (nSPS) is 10.3. The molecule has 1 amide bonds. The van der Waals surface area contributed by atoms with Crippen LogP contribution in [0.2, 0.25) is 0 Å². The van der Waals surface area contributed by atoms with Gasteiger partial charge in [0.25, 0.3) is 5.91 Å². The predicted molar refractivity (Wildman–Crippen MR) is 98.7 cm³/mol. The van der Waals surface area contributed by atoms with Crippen molar-refractivity contribution in [3.05, 3.63) is 52.5 Å². The highest BCUT2D eigenvalue weighted by Gasteiger charge is 2.13. The zero-order chi connectivity index (χ0) is 16.8. The maximum absolute atomic E-state index is 12.5. The van der Waals surface area contributed by atoms with E-state index in [4.69, 9.17) is 4.74 Å². The number of anilines is 2. The van der Waals surface area contributed by atoms with Crippen molar-refractivity contribution >= 4 is 33.2 Å². The number of ether oxygens (including phenoxy) is 1. The van der Waals surface area contributed by atoms with Gasteiger partial charge in [0.2, 0.25) is 0 Å². The summed E-state index contributed by atoms with van der Waals surface area (Å²) in [7, 11) is 1.55. The molecule has 0 aromatic heterocycles. The van der Waals surface area contributed by atoms with Crippen LogP contribution < -0.4 is 15.0 Å². The Hall–Kier alpha value is -2.01. The van der Waals surface area contributed by atoms with Gasteiger partial charge in [-0.25, -0.2) is 0 Å². The maximum Gasteiger partial charge on any atom is 0.259 e. The van der Waals surface area contributed by atoms with Crippen LogP contribution in [-0.4, -0.2) is 26.1 Å². The molecule has 2 aromatic rings. The van der Waals surface area contributed by atoms with E-state index in [0.29, 0.717) is 11.3 Å². The fourth-order valence-electron chi connectivity index (χ4n) is 2.40. The molecule has 0 saturated carbocycles. The van der Waals surface area contributed by atoms with Crippen LogP contribution in [0.15, 0.2) is 46.9 Å². The van der Waals surface area contributed by atoms with Crippen molar-refractivity contribution in [1.82, 2.24) is 0 Å². The van der Waals surface area contributed by atoms with Crippen molar-refractivity contribution in [3.8, 4) is 5.75 Å². The van der Waals surface area contributed by atoms with E-state index in [9.17, 15) is 4.79 Å². The van der Waals surface area contributed by atoms with Gasteiger partial charge in [0.1, 0.15) is 5.75 Å². The summed E-state index contributed by atoms with van der Waals surface area (Å²) in [6, 6.07) is 13.2. The van der Waals surface area contributed by atoms with Gasteiger partial charge in [-0.2, -0.15) is 0 Å². The SMILES string of the molecule is CCN(CC)c1ccc(NC(=O)c2cc(Br)ccc2OC)cc1. The molecule has 0 radical (unpaired) electrons. The van der Waals surface area contributed by atoms with E-state index < -0.39 is 0 Å². The van der Waals surface area contributed by atoms with E-state index in [1.54, 1.807) is 19.2 Å². The molecular formula is C18H21BrN2O2. The second-order valence-corrected chi connectivity index (χ2v) is 5.93. The quantitative estimate of drug-likeness (QED) is 0.803. The highest BCUT2D eigenvalue weighted by Crippen LogP contribution is 2.24. The first-order valence-corrected chi connectivity index (χ1v) is 8.38. The summed E-state index contributed by atoms with van der Waals surface area (Å²) >= 11 is 3.38. The number of nitrogens with zero attached hydrogens (tertiary/aromatic N) is 1. The van der Waals surface area contributed by atoms with E-state index in [1.807, 2.05) is 30.3 Å². The summed E-state index contributed by atoms with van der Waals surface area (Å²) in [5, 5.41) is 2.90. The first-order chi connectivity index (χ1) is 11.1. The lowest BCUT2D eigenvalue weighted by Gasteiger charge is -2.21. The van der Waals surface area contributed by atoms with Crippen LogP contribution in [0, 0.1) is 0 Å². The third kappa shape index (κ3) is 4.26. The summed E-state index contributed by atoms with van der Waals surface area (Å²) in [4.78, 5) is 14.7. The Morgan fingerprint density at radius 3 is 2.35 bits per heavy atom. The number of carbonyl (C=O) groups excluding carboxylic acids is 1. The Morgan fingerprint density at radius 1 is 1.13 bits per heavy atom. The van der Waals surface area contributed by atoms with Crippen molar-refractivity contribution in [2.45, 2.75) is 13.8 Å². The van der Waals surface area contributed by atoms with E-state index in [-0.39, 0.29) is 5.91 Å². The molecule has 5 heteroatoms. The maximum atomic E-state index is 12.5. The van der Waals surface area contributed by atoms with Crippen LogP contribution in [0.25, 0.3) is 0 Å². The topological polar surface area (TPSA) is 41.6 Å². The summed E-state index contributed by atoms with van der Waals surface area (Å²) in [5.41, 5.74) is 2.40. The molecule has 0 saturated heterocycles. The van der Waals surface area contributed by atoms with Crippen molar-refractivity contribution in [2.75, 3.05) is 30.4 Å². The molecule has 2 aromatic carbocycles. The molecule has 4 nitrogen and oxygen atoms in total. The highest BCUT2D eigenvalue weighted by atomic mass is 79.9. The molecule has 0 bridgehead atoms. The van der Waals surface area contributed by atoms with Crippen molar-refractivity contribution in [3.63, 3.8) is 0 Å². The molecule has 0 heterocycles. The van der Waals surface area contributed by atoms with Gasteiger partial charge in [-0.05, 0) is 56.3 Å². The van der Waals surface area contributed by atoms with Gasteiger partial charge in [0.05, 0.1) is 12.7 Å². The third-order valence-electron chi connectivity index (χ3n) is 3.66. The van der Waals surface area contributed by atoms with E-state index in [0.717, 1.165) is 28.9 Å². The van der Waals surface area contributed by atoms with Gasteiger partial charge >= 0.3 is 0 Å². The predicted octanol–water partition coefficient (Wildman–Crippen LogP) is 4.56. The number of hydrogen-bond acceptors (Lipinski definition) is 3. The van der Waals surface area contributed by atoms with Crippen LogP contribution in [-0.2, 0) is 0 Å². The first-order valence-electron chi connectivity index (χ1n) is 7.59. The Balaban J connectivity index is 2.16. The van der Waals surface area contributed by atoms with Gasteiger partial charge < -0.3 is 15.0 Å². The number of halogens is 1. The molecule has 0 aliphatic heterocycles. The molecule has 1 N–H and O–H groups in total. The molecule has 0 spiro atoms. The molecule has 0 atom stereocenters. The van der Waals surface area contributed by atoms with Crippen LogP contribution in [0.5, 0.6) is 5.75 Å². The number of amides is 1. The second-order valence-electron chi connectivity index (χ2n) is 5.02. The Bertz CT molecular complexity index is 667. The number of rotatable bonds is 6. The lowest BCUT2D eigenvalue weighted by molar-refractivity contribution is 0.102. The van der Waals surface area contributed by atoms with E-state index in [1.165, 1.54) is 0 Å². The summed E-state index contributed by atoms with van der Waals surface area (Å²) in [5.74, 6) is 0.351. The standard InChI is InChI=1S/C18H21BrN2O2/c1-4-21(5-2)15-9-7-14(8-10-15)20-18(22)16-12-13(19)6-11-17(16)23-3/h6-12H,4-5H2,1-3H3,(H,20,22). The average molecular weight is 377 g/mol. The highest BCUT2D eigenvalue weighted by molar-refractivity contribution is 9.10. The lowest BCUT2D eigenvalue weighted by atomic mass is 10.1. The Morgan fingerprint density at radius 2 is 1.78 bits per heavy atom.